The molecule has 7 heteroatoms. The Balaban J connectivity index is 2.03. The fraction of sp³-hybridized carbons (Fsp3) is 0.812. The Kier molecular flexibility index (Phi) is 4.59. The maximum Gasteiger partial charge on any atom is 0.408 e. The molecule has 0 spiro atoms. The Hall–Kier alpha value is -1.79. The summed E-state index contributed by atoms with van der Waals surface area (Å²) in [6.07, 6.45) is 1.52. The molecule has 0 aromatic carbocycles. The summed E-state index contributed by atoms with van der Waals surface area (Å²) in [6, 6.07) is 0. The first-order valence-corrected chi connectivity index (χ1v) is 8.07. The van der Waals surface area contributed by atoms with E-state index in [1.807, 2.05) is 6.92 Å². The van der Waals surface area contributed by atoms with Crippen LogP contribution in [0.5, 0.6) is 0 Å². The topological polar surface area (TPSA) is 95.9 Å². The van der Waals surface area contributed by atoms with E-state index in [0.29, 0.717) is 12.5 Å². The Morgan fingerprint density at radius 2 is 1.91 bits per heavy atom. The lowest BCUT2D eigenvalue weighted by molar-refractivity contribution is -0.144. The van der Waals surface area contributed by atoms with Crippen molar-refractivity contribution in [3.05, 3.63) is 0 Å². The summed E-state index contributed by atoms with van der Waals surface area (Å²) >= 11 is 0. The highest BCUT2D eigenvalue weighted by Crippen LogP contribution is 2.38. The molecule has 2 aliphatic rings. The molecule has 2 atom stereocenters. The number of amides is 2. The summed E-state index contributed by atoms with van der Waals surface area (Å²) < 4.78 is 5.15. The van der Waals surface area contributed by atoms with E-state index >= 15 is 0 Å². The van der Waals surface area contributed by atoms with Crippen LogP contribution in [0.3, 0.4) is 0 Å². The number of carboxylic acid groups (broad SMARTS) is 1. The molecule has 0 aromatic rings. The number of likely N-dealkylation sites (tertiary alicyclic amines) is 1. The van der Waals surface area contributed by atoms with Crippen LogP contribution in [0.25, 0.3) is 0 Å². The maximum atomic E-state index is 12.4. The van der Waals surface area contributed by atoms with E-state index in [4.69, 9.17) is 4.74 Å². The van der Waals surface area contributed by atoms with Crippen LogP contribution in [-0.4, -0.2) is 52.2 Å². The van der Waals surface area contributed by atoms with Gasteiger partial charge in [0.15, 0.2) is 5.54 Å². The number of carboxylic acids is 1. The van der Waals surface area contributed by atoms with Gasteiger partial charge in [0, 0.05) is 18.9 Å². The molecule has 2 amide bonds. The zero-order valence-electron chi connectivity index (χ0n) is 14.2. The summed E-state index contributed by atoms with van der Waals surface area (Å²) in [5.74, 6) is -0.832. The zero-order valence-corrected chi connectivity index (χ0v) is 14.2. The van der Waals surface area contributed by atoms with E-state index in [9.17, 15) is 19.5 Å². The van der Waals surface area contributed by atoms with Crippen molar-refractivity contribution in [2.24, 2.45) is 11.8 Å². The van der Waals surface area contributed by atoms with Gasteiger partial charge in [-0.05, 0) is 39.5 Å². The van der Waals surface area contributed by atoms with Crippen molar-refractivity contribution in [2.45, 2.75) is 58.1 Å². The van der Waals surface area contributed by atoms with Crippen LogP contribution < -0.4 is 5.32 Å². The van der Waals surface area contributed by atoms with Gasteiger partial charge in [-0.2, -0.15) is 0 Å². The van der Waals surface area contributed by atoms with Gasteiger partial charge < -0.3 is 20.1 Å². The van der Waals surface area contributed by atoms with E-state index in [1.54, 1.807) is 25.7 Å². The molecule has 1 aliphatic carbocycles. The highest BCUT2D eigenvalue weighted by molar-refractivity contribution is 5.87. The van der Waals surface area contributed by atoms with Gasteiger partial charge in [-0.3, -0.25) is 4.79 Å². The number of hydrogen-bond donors (Lipinski definition) is 2. The second-order valence-electron chi connectivity index (χ2n) is 7.65. The van der Waals surface area contributed by atoms with Crippen LogP contribution in [-0.2, 0) is 14.3 Å². The predicted molar refractivity (Wildman–Crippen MR) is 82.8 cm³/mol. The van der Waals surface area contributed by atoms with Gasteiger partial charge in [-0.15, -0.1) is 0 Å². The molecule has 23 heavy (non-hydrogen) atoms. The van der Waals surface area contributed by atoms with Crippen LogP contribution in [0.15, 0.2) is 0 Å². The third-order valence-electron chi connectivity index (χ3n) is 4.45. The molecule has 0 radical (unpaired) electrons. The van der Waals surface area contributed by atoms with Gasteiger partial charge in [0.1, 0.15) is 5.60 Å². The third-order valence-corrected chi connectivity index (χ3v) is 4.45. The molecule has 1 aliphatic heterocycles. The lowest BCUT2D eigenvalue weighted by Crippen LogP contribution is -2.57. The standard InChI is InChI=1S/C16H26N2O5/c1-10(11-5-6-11)12(19)18-8-7-16(9-18,13(20)21)17-14(22)23-15(2,3)4/h10-11H,5-9H2,1-4H3,(H,17,22)(H,20,21). The lowest BCUT2D eigenvalue weighted by atomic mass is 9.99. The van der Waals surface area contributed by atoms with Gasteiger partial charge in [0.25, 0.3) is 0 Å². The molecular formula is C16H26N2O5. The molecule has 0 bridgehead atoms. The Morgan fingerprint density at radius 1 is 1.30 bits per heavy atom. The number of aliphatic carboxylic acids is 1. The van der Waals surface area contributed by atoms with Crippen LogP contribution in [0.2, 0.25) is 0 Å². The Labute approximate surface area is 136 Å². The number of carbonyl (C=O) groups is 3. The largest absolute Gasteiger partial charge is 0.479 e. The average Bonchev–Trinajstić information content (AvgIpc) is 3.16. The quantitative estimate of drug-likeness (QED) is 0.818. The van der Waals surface area contributed by atoms with Gasteiger partial charge in [0.2, 0.25) is 5.91 Å². The summed E-state index contributed by atoms with van der Waals surface area (Å²) in [5.41, 5.74) is -2.18. The molecule has 1 saturated heterocycles. The van der Waals surface area contributed by atoms with Crippen molar-refractivity contribution >= 4 is 18.0 Å². The van der Waals surface area contributed by atoms with Crippen LogP contribution in [0.4, 0.5) is 4.79 Å². The second-order valence-corrected chi connectivity index (χ2v) is 7.65. The maximum absolute atomic E-state index is 12.4. The Bertz CT molecular complexity index is 509. The molecule has 0 aromatic heterocycles. The van der Waals surface area contributed by atoms with E-state index < -0.39 is 23.2 Å². The number of hydrogen-bond acceptors (Lipinski definition) is 4. The van der Waals surface area contributed by atoms with Gasteiger partial charge in [-0.1, -0.05) is 6.92 Å². The Morgan fingerprint density at radius 3 is 2.39 bits per heavy atom. The number of carbonyl (C=O) groups excluding carboxylic acids is 2. The molecule has 2 rings (SSSR count). The monoisotopic (exact) mass is 326 g/mol. The van der Waals surface area contributed by atoms with E-state index in [2.05, 4.69) is 5.32 Å². The predicted octanol–water partition coefficient (Wildman–Crippen LogP) is 1.61. The molecule has 1 heterocycles. The fourth-order valence-electron chi connectivity index (χ4n) is 2.91. The minimum Gasteiger partial charge on any atom is -0.479 e. The molecule has 130 valence electrons. The van der Waals surface area contributed by atoms with Gasteiger partial charge >= 0.3 is 12.1 Å². The molecule has 1 saturated carbocycles. The smallest absolute Gasteiger partial charge is 0.408 e. The molecular weight excluding hydrogens is 300 g/mol. The van der Waals surface area contributed by atoms with E-state index in [1.165, 1.54) is 0 Å². The highest BCUT2D eigenvalue weighted by atomic mass is 16.6. The number of nitrogens with zero attached hydrogens (tertiary/aromatic N) is 1. The number of rotatable bonds is 4. The first-order valence-electron chi connectivity index (χ1n) is 8.07. The van der Waals surface area contributed by atoms with Gasteiger partial charge in [-0.25, -0.2) is 9.59 Å². The third kappa shape index (κ3) is 4.14. The zero-order chi connectivity index (χ0) is 17.4. The van der Waals surface area contributed by atoms with Crippen molar-refractivity contribution < 1.29 is 24.2 Å². The van der Waals surface area contributed by atoms with Crippen molar-refractivity contribution in [3.63, 3.8) is 0 Å². The summed E-state index contributed by atoms with van der Waals surface area (Å²) in [4.78, 5) is 37.6. The summed E-state index contributed by atoms with van der Waals surface area (Å²) in [5, 5.41) is 12.0. The molecule has 2 fully saturated rings. The van der Waals surface area contributed by atoms with Crippen molar-refractivity contribution in [2.75, 3.05) is 13.1 Å². The number of nitrogens with one attached hydrogen (secondary N) is 1. The minimum absolute atomic E-state index is 0.0164. The number of alkyl carbamates (subject to hydrolysis) is 1. The second kappa shape index (κ2) is 6.02. The summed E-state index contributed by atoms with van der Waals surface area (Å²) in [7, 11) is 0. The lowest BCUT2D eigenvalue weighted by Gasteiger charge is -2.28. The van der Waals surface area contributed by atoms with E-state index in [-0.39, 0.29) is 24.8 Å². The fourth-order valence-corrected chi connectivity index (χ4v) is 2.91. The highest BCUT2D eigenvalue weighted by Gasteiger charge is 2.49. The first-order chi connectivity index (χ1) is 10.5. The molecule has 2 N–H and O–H groups in total. The first kappa shape index (κ1) is 17.6. The van der Waals surface area contributed by atoms with Crippen LogP contribution in [0.1, 0.15) is 47.0 Å². The average molecular weight is 326 g/mol. The minimum atomic E-state index is -1.47. The van der Waals surface area contributed by atoms with Crippen LogP contribution in [0, 0.1) is 11.8 Å². The van der Waals surface area contributed by atoms with Crippen molar-refractivity contribution in [1.29, 1.82) is 0 Å². The molecule has 7 nitrogen and oxygen atoms in total. The van der Waals surface area contributed by atoms with Crippen molar-refractivity contribution in [1.82, 2.24) is 10.2 Å². The van der Waals surface area contributed by atoms with E-state index in [0.717, 1.165) is 12.8 Å². The summed E-state index contributed by atoms with van der Waals surface area (Å²) in [6.45, 7) is 7.34. The SMILES string of the molecule is CC(C(=O)N1CCC(NC(=O)OC(C)(C)C)(C(=O)O)C1)C1CC1. The van der Waals surface area contributed by atoms with Crippen molar-refractivity contribution in [3.8, 4) is 0 Å². The molecule has 2 unspecified atom stereocenters. The normalized spacial score (nSPS) is 25.8. The van der Waals surface area contributed by atoms with Gasteiger partial charge in [0.05, 0.1) is 6.54 Å². The number of ether oxygens (including phenoxy) is 1. The van der Waals surface area contributed by atoms with Crippen LogP contribution >= 0.6 is 0 Å².